The number of aromatic amines is 1. The first kappa shape index (κ1) is 16.8. The Labute approximate surface area is 162 Å². The fourth-order valence-corrected chi connectivity index (χ4v) is 5.14. The third-order valence-corrected chi connectivity index (χ3v) is 6.68. The molecule has 1 aromatic carbocycles. The number of nitrogens with one attached hydrogen (secondary N) is 1. The Morgan fingerprint density at radius 2 is 1.85 bits per heavy atom. The smallest absolute Gasteiger partial charge is 0.257 e. The first-order valence-electron chi connectivity index (χ1n) is 9.63. The van der Waals surface area contributed by atoms with E-state index in [4.69, 9.17) is 0 Å². The first-order chi connectivity index (χ1) is 13.3. The van der Waals surface area contributed by atoms with E-state index in [9.17, 15) is 4.79 Å². The fraction of sp³-hybridized carbons (Fsp3) is 0.318. The van der Waals surface area contributed by atoms with Crippen LogP contribution < -0.4 is 10.5 Å². The van der Waals surface area contributed by atoms with Crippen molar-refractivity contribution in [1.29, 1.82) is 0 Å². The lowest BCUT2D eigenvalue weighted by Crippen LogP contribution is -2.49. The minimum atomic E-state index is 0.0320. The lowest BCUT2D eigenvalue weighted by atomic mass is 10.1. The number of rotatable bonds is 3. The van der Waals surface area contributed by atoms with Crippen molar-refractivity contribution in [1.82, 2.24) is 9.88 Å². The van der Waals surface area contributed by atoms with Crippen LogP contribution in [0.4, 0.5) is 5.69 Å². The molecule has 1 aliphatic heterocycles. The van der Waals surface area contributed by atoms with Gasteiger partial charge in [-0.2, -0.15) is 0 Å². The van der Waals surface area contributed by atoms with E-state index in [2.05, 4.69) is 57.3 Å². The number of thiophene rings is 1. The fourth-order valence-electron chi connectivity index (χ4n) is 4.32. The molecule has 1 fully saturated rings. The molecule has 138 valence electrons. The van der Waals surface area contributed by atoms with Gasteiger partial charge in [-0.25, -0.2) is 0 Å². The highest BCUT2D eigenvalue weighted by Crippen LogP contribution is 2.31. The van der Waals surface area contributed by atoms with Crippen LogP contribution in [-0.4, -0.2) is 42.1 Å². The summed E-state index contributed by atoms with van der Waals surface area (Å²) in [6, 6.07) is 15.2. The third kappa shape index (κ3) is 3.22. The van der Waals surface area contributed by atoms with Crippen LogP contribution in [0, 0.1) is 0 Å². The van der Waals surface area contributed by atoms with E-state index in [1.807, 2.05) is 11.4 Å². The number of H-pyrrole nitrogens is 1. The van der Waals surface area contributed by atoms with Gasteiger partial charge in [0.2, 0.25) is 0 Å². The summed E-state index contributed by atoms with van der Waals surface area (Å²) in [7, 11) is 0. The summed E-state index contributed by atoms with van der Waals surface area (Å²) in [6.07, 6.45) is 4.56. The van der Waals surface area contributed by atoms with E-state index >= 15 is 0 Å². The van der Waals surface area contributed by atoms with Gasteiger partial charge < -0.3 is 9.88 Å². The number of nitrogens with zero attached hydrogens (tertiary/aromatic N) is 2. The molecule has 2 aliphatic rings. The normalized spacial score (nSPS) is 21.0. The summed E-state index contributed by atoms with van der Waals surface area (Å²) in [5.74, 6) is 0. The van der Waals surface area contributed by atoms with Crippen molar-refractivity contribution in [2.75, 3.05) is 31.1 Å². The summed E-state index contributed by atoms with van der Waals surface area (Å²) in [4.78, 5) is 20.4. The van der Waals surface area contributed by atoms with Crippen LogP contribution in [0.15, 0.2) is 58.7 Å². The maximum absolute atomic E-state index is 12.3. The summed E-state index contributed by atoms with van der Waals surface area (Å²) >= 11 is 1.64. The molecule has 1 unspecified atom stereocenters. The van der Waals surface area contributed by atoms with E-state index in [0.717, 1.165) is 54.8 Å². The monoisotopic (exact) mass is 377 g/mol. The van der Waals surface area contributed by atoms with Crippen molar-refractivity contribution in [3.8, 4) is 0 Å². The molecule has 3 heterocycles. The molecule has 2 aromatic heterocycles. The van der Waals surface area contributed by atoms with Crippen molar-refractivity contribution < 1.29 is 0 Å². The van der Waals surface area contributed by atoms with E-state index in [-0.39, 0.29) is 5.56 Å². The van der Waals surface area contributed by atoms with E-state index in [0.29, 0.717) is 6.04 Å². The number of anilines is 1. The second-order valence-corrected chi connectivity index (χ2v) is 8.31. The molecule has 1 saturated heterocycles. The van der Waals surface area contributed by atoms with Gasteiger partial charge in [-0.3, -0.25) is 9.69 Å². The molecule has 0 amide bonds. The summed E-state index contributed by atoms with van der Waals surface area (Å²) in [5.41, 5.74) is 3.64. The lowest BCUT2D eigenvalue weighted by Gasteiger charge is -2.38. The predicted molar refractivity (Wildman–Crippen MR) is 114 cm³/mol. The number of aromatic nitrogens is 1. The number of para-hydroxylation sites is 1. The van der Waals surface area contributed by atoms with Crippen LogP contribution in [0.2, 0.25) is 0 Å². The molecule has 1 atom stereocenters. The van der Waals surface area contributed by atoms with Crippen molar-refractivity contribution in [2.24, 2.45) is 0 Å². The van der Waals surface area contributed by atoms with Crippen molar-refractivity contribution in [3.05, 3.63) is 70.0 Å². The van der Waals surface area contributed by atoms with E-state index in [1.165, 1.54) is 11.3 Å². The zero-order valence-corrected chi connectivity index (χ0v) is 16.0. The molecule has 0 radical (unpaired) electrons. The predicted octanol–water partition coefficient (Wildman–Crippen LogP) is 3.96. The van der Waals surface area contributed by atoms with Gasteiger partial charge >= 0.3 is 0 Å². The third-order valence-electron chi connectivity index (χ3n) is 5.82. The lowest BCUT2D eigenvalue weighted by molar-refractivity contribution is 0.214. The molecule has 0 bridgehead atoms. The maximum atomic E-state index is 12.3. The first-order valence-corrected chi connectivity index (χ1v) is 10.5. The van der Waals surface area contributed by atoms with Crippen molar-refractivity contribution >= 4 is 32.7 Å². The molecule has 5 rings (SSSR count). The van der Waals surface area contributed by atoms with Gasteiger partial charge in [-0.15, -0.1) is 11.3 Å². The van der Waals surface area contributed by atoms with Crippen LogP contribution in [0.25, 0.3) is 15.7 Å². The quantitative estimate of drug-likeness (QED) is 0.751. The molecule has 1 N–H and O–H groups in total. The number of hydrogen-bond acceptors (Lipinski definition) is 4. The number of fused-ring (bicyclic) bond motifs is 1. The highest BCUT2D eigenvalue weighted by molar-refractivity contribution is 7.17. The Hall–Kier alpha value is -2.37. The molecule has 0 spiro atoms. The number of pyridine rings is 1. The van der Waals surface area contributed by atoms with Crippen LogP contribution >= 0.6 is 11.3 Å². The van der Waals surface area contributed by atoms with Gasteiger partial charge in [0.15, 0.2) is 0 Å². The summed E-state index contributed by atoms with van der Waals surface area (Å²) in [5, 5.41) is 2.79. The summed E-state index contributed by atoms with van der Waals surface area (Å²) < 4.78 is 1.08. The Morgan fingerprint density at radius 3 is 2.67 bits per heavy atom. The number of allylic oxidation sites excluding steroid dienone is 1. The molecule has 27 heavy (non-hydrogen) atoms. The molecule has 0 saturated carbocycles. The molecule has 3 aromatic rings. The minimum Gasteiger partial charge on any atom is -0.369 e. The highest BCUT2D eigenvalue weighted by atomic mass is 32.1. The van der Waals surface area contributed by atoms with Crippen LogP contribution in [0.1, 0.15) is 18.5 Å². The molecule has 5 heteroatoms. The Bertz CT molecular complexity index is 1030. The zero-order valence-electron chi connectivity index (χ0n) is 15.2. The minimum absolute atomic E-state index is 0.0320. The average molecular weight is 378 g/mol. The van der Waals surface area contributed by atoms with Gasteiger partial charge in [0.05, 0.1) is 5.39 Å². The van der Waals surface area contributed by atoms with Crippen molar-refractivity contribution in [2.45, 2.75) is 18.9 Å². The van der Waals surface area contributed by atoms with Gasteiger partial charge in [0.1, 0.15) is 0 Å². The largest absolute Gasteiger partial charge is 0.369 e. The second kappa shape index (κ2) is 6.98. The molecular weight excluding hydrogens is 354 g/mol. The Balaban J connectivity index is 1.30. The standard InChI is InChI=1S/C22H23N3OS/c26-22-19-8-13-27-21(19)15-20(23-22)16-6-7-18(14-16)25-11-9-24(10-12-25)17-4-2-1-3-5-17/h1-5,8,13-15,18H,6-7,9-12H2,(H,23,26). The number of benzene rings is 1. The van der Waals surface area contributed by atoms with Gasteiger partial charge in [-0.05, 0) is 48.1 Å². The summed E-state index contributed by atoms with van der Waals surface area (Å²) in [6.45, 7) is 4.32. The van der Waals surface area contributed by atoms with Crippen LogP contribution in [0.5, 0.6) is 0 Å². The highest BCUT2D eigenvalue weighted by Gasteiger charge is 2.27. The van der Waals surface area contributed by atoms with Gasteiger partial charge in [-0.1, -0.05) is 24.3 Å². The molecule has 4 nitrogen and oxygen atoms in total. The van der Waals surface area contributed by atoms with E-state index in [1.54, 1.807) is 11.3 Å². The van der Waals surface area contributed by atoms with Crippen LogP contribution in [0.3, 0.4) is 0 Å². The van der Waals surface area contributed by atoms with Gasteiger partial charge in [0, 0.05) is 48.3 Å². The van der Waals surface area contributed by atoms with E-state index < -0.39 is 0 Å². The average Bonchev–Trinajstić information content (AvgIpc) is 3.39. The van der Waals surface area contributed by atoms with Crippen molar-refractivity contribution in [3.63, 3.8) is 0 Å². The van der Waals surface area contributed by atoms with Crippen LogP contribution in [-0.2, 0) is 0 Å². The second-order valence-electron chi connectivity index (χ2n) is 7.37. The Morgan fingerprint density at radius 1 is 1.04 bits per heavy atom. The molecular formula is C22H23N3OS. The number of piperazine rings is 1. The topological polar surface area (TPSA) is 39.3 Å². The Kier molecular flexibility index (Phi) is 4.34. The zero-order chi connectivity index (χ0) is 18.2. The van der Waals surface area contributed by atoms with Gasteiger partial charge in [0.25, 0.3) is 5.56 Å². The molecule has 1 aliphatic carbocycles. The maximum Gasteiger partial charge on any atom is 0.257 e. The number of hydrogen-bond donors (Lipinski definition) is 1. The SMILES string of the molecule is O=c1[nH]c(C2=CC(N3CCN(c4ccccc4)CC3)CC2)cc2sccc12.